The van der Waals surface area contributed by atoms with Crippen molar-refractivity contribution in [2.45, 2.75) is 17.4 Å². The van der Waals surface area contributed by atoms with E-state index in [0.29, 0.717) is 23.6 Å². The molecule has 0 bridgehead atoms. The second kappa shape index (κ2) is 7.60. The first kappa shape index (κ1) is 19.0. The molecule has 0 saturated carbocycles. The summed E-state index contributed by atoms with van der Waals surface area (Å²) < 4.78 is 37.6. The van der Waals surface area contributed by atoms with Gasteiger partial charge in [-0.1, -0.05) is 36.4 Å². The number of benzene rings is 3. The zero-order valence-electron chi connectivity index (χ0n) is 15.7. The summed E-state index contributed by atoms with van der Waals surface area (Å²) in [6.45, 7) is 0. The van der Waals surface area contributed by atoms with Gasteiger partial charge in [0, 0.05) is 13.5 Å². The van der Waals surface area contributed by atoms with E-state index >= 15 is 0 Å². The molecule has 0 saturated heterocycles. The van der Waals surface area contributed by atoms with Crippen molar-refractivity contribution in [1.82, 2.24) is 0 Å². The van der Waals surface area contributed by atoms with Crippen molar-refractivity contribution in [3.63, 3.8) is 0 Å². The van der Waals surface area contributed by atoms with Crippen LogP contribution in [0.5, 0.6) is 11.5 Å². The second-order valence-corrected chi connectivity index (χ2v) is 8.59. The number of fused-ring (bicyclic) bond motifs is 1. The molecule has 1 heterocycles. The van der Waals surface area contributed by atoms with Gasteiger partial charge in [-0.3, -0.25) is 4.31 Å². The van der Waals surface area contributed by atoms with E-state index in [2.05, 4.69) is 0 Å². The van der Waals surface area contributed by atoms with Crippen LogP contribution in [0.1, 0.15) is 5.56 Å². The van der Waals surface area contributed by atoms with Crippen molar-refractivity contribution in [2.24, 2.45) is 0 Å². The molecule has 1 unspecified atom stereocenters. The maximum absolute atomic E-state index is 12.7. The largest absolute Gasteiger partial charge is 0.478 e. The number of sulfonamides is 1. The van der Waals surface area contributed by atoms with Crippen LogP contribution in [-0.4, -0.2) is 27.5 Å². The number of esters is 1. The van der Waals surface area contributed by atoms with E-state index < -0.39 is 22.1 Å². The summed E-state index contributed by atoms with van der Waals surface area (Å²) in [6.07, 6.45) is -0.223. The average molecular weight is 409 g/mol. The van der Waals surface area contributed by atoms with Gasteiger partial charge < -0.3 is 9.47 Å². The molecule has 6 nitrogen and oxygen atoms in total. The van der Waals surface area contributed by atoms with Gasteiger partial charge in [0.15, 0.2) is 6.10 Å². The van der Waals surface area contributed by atoms with Crippen molar-refractivity contribution in [3.8, 4) is 11.5 Å². The number of hydrogen-bond acceptors (Lipinski definition) is 5. The van der Waals surface area contributed by atoms with Crippen LogP contribution >= 0.6 is 0 Å². The molecule has 1 aliphatic rings. The molecule has 1 aliphatic heterocycles. The number of ether oxygens (including phenoxy) is 2. The number of para-hydroxylation sites is 1. The maximum Gasteiger partial charge on any atom is 0.353 e. The monoisotopic (exact) mass is 409 g/mol. The lowest BCUT2D eigenvalue weighted by Crippen LogP contribution is -2.29. The fourth-order valence-corrected chi connectivity index (χ4v) is 4.33. The van der Waals surface area contributed by atoms with Crippen molar-refractivity contribution in [1.29, 1.82) is 0 Å². The number of anilines is 1. The zero-order chi connectivity index (χ0) is 20.4. The van der Waals surface area contributed by atoms with Gasteiger partial charge in [-0.15, -0.1) is 0 Å². The standard InChI is InChI=1S/C22H19NO5S/c1-23(29(25,26)19-8-3-2-4-9-19)17-11-13-18(14-12-17)27-22(24)21-15-16-7-5-6-10-20(16)28-21/h2-14,21H,15H2,1H3. The van der Waals surface area contributed by atoms with Crippen molar-refractivity contribution in [2.75, 3.05) is 11.4 Å². The van der Waals surface area contributed by atoms with Crippen molar-refractivity contribution in [3.05, 3.63) is 84.4 Å². The van der Waals surface area contributed by atoms with Crippen LogP contribution in [0.2, 0.25) is 0 Å². The molecule has 0 fully saturated rings. The number of carbonyl (C=O) groups is 1. The van der Waals surface area contributed by atoms with E-state index in [0.717, 1.165) is 5.56 Å². The number of hydrogen-bond donors (Lipinski definition) is 0. The Kier molecular flexibility index (Phi) is 4.98. The topological polar surface area (TPSA) is 72.9 Å². The molecule has 29 heavy (non-hydrogen) atoms. The summed E-state index contributed by atoms with van der Waals surface area (Å²) >= 11 is 0. The van der Waals surface area contributed by atoms with E-state index in [9.17, 15) is 13.2 Å². The first-order valence-electron chi connectivity index (χ1n) is 9.05. The lowest BCUT2D eigenvalue weighted by atomic mass is 10.1. The first-order chi connectivity index (χ1) is 13.9. The van der Waals surface area contributed by atoms with Gasteiger partial charge in [-0.2, -0.15) is 0 Å². The lowest BCUT2D eigenvalue weighted by Gasteiger charge is -2.19. The van der Waals surface area contributed by atoms with Gasteiger partial charge in [-0.05, 0) is 48.0 Å². The smallest absolute Gasteiger partial charge is 0.353 e. The van der Waals surface area contributed by atoms with Gasteiger partial charge in [-0.25, -0.2) is 13.2 Å². The van der Waals surface area contributed by atoms with Gasteiger partial charge >= 0.3 is 5.97 Å². The highest BCUT2D eigenvalue weighted by Gasteiger charge is 2.30. The lowest BCUT2D eigenvalue weighted by molar-refractivity contribution is -0.141. The van der Waals surface area contributed by atoms with Gasteiger partial charge in [0.05, 0.1) is 10.6 Å². The van der Waals surface area contributed by atoms with Crippen molar-refractivity contribution < 1.29 is 22.7 Å². The molecule has 3 aromatic carbocycles. The minimum atomic E-state index is -3.67. The second-order valence-electron chi connectivity index (χ2n) is 6.62. The fourth-order valence-electron chi connectivity index (χ4n) is 3.11. The Morgan fingerprint density at radius 1 is 0.966 bits per heavy atom. The summed E-state index contributed by atoms with van der Waals surface area (Å²) in [6, 6.07) is 22.0. The fraction of sp³-hybridized carbons (Fsp3) is 0.136. The molecule has 0 N–H and O–H groups in total. The van der Waals surface area contributed by atoms with Crippen LogP contribution in [0.25, 0.3) is 0 Å². The highest BCUT2D eigenvalue weighted by atomic mass is 32.2. The molecule has 148 valence electrons. The van der Waals surface area contributed by atoms with Crippen LogP contribution in [0.3, 0.4) is 0 Å². The molecule has 0 spiro atoms. The van der Waals surface area contributed by atoms with E-state index in [1.165, 1.54) is 11.4 Å². The Morgan fingerprint density at radius 3 is 2.31 bits per heavy atom. The zero-order valence-corrected chi connectivity index (χ0v) is 16.5. The van der Waals surface area contributed by atoms with Crippen molar-refractivity contribution >= 4 is 21.7 Å². The Balaban J connectivity index is 1.44. The van der Waals surface area contributed by atoms with Crippen LogP contribution < -0.4 is 13.8 Å². The molecule has 0 amide bonds. The first-order valence-corrected chi connectivity index (χ1v) is 10.5. The van der Waals surface area contributed by atoms with E-state index in [1.807, 2.05) is 24.3 Å². The molecule has 1 atom stereocenters. The summed E-state index contributed by atoms with van der Waals surface area (Å²) in [5.74, 6) is 0.528. The van der Waals surface area contributed by atoms with E-state index in [4.69, 9.17) is 9.47 Å². The molecule has 0 radical (unpaired) electrons. The van der Waals surface area contributed by atoms with E-state index in [1.54, 1.807) is 54.6 Å². The van der Waals surface area contributed by atoms with Gasteiger partial charge in [0.25, 0.3) is 10.0 Å². The summed E-state index contributed by atoms with van der Waals surface area (Å²) in [5.41, 5.74) is 1.43. The minimum absolute atomic E-state index is 0.205. The number of nitrogens with zero attached hydrogens (tertiary/aromatic N) is 1. The Bertz CT molecular complexity index is 1100. The third-order valence-corrected chi connectivity index (χ3v) is 6.53. The predicted molar refractivity (Wildman–Crippen MR) is 109 cm³/mol. The molecule has 3 aromatic rings. The van der Waals surface area contributed by atoms with Crippen LogP contribution in [0, 0.1) is 0 Å². The summed E-state index contributed by atoms with van der Waals surface area (Å²) in [4.78, 5) is 12.6. The summed E-state index contributed by atoms with van der Waals surface area (Å²) in [7, 11) is -2.19. The molecular formula is C22H19NO5S. The molecular weight excluding hydrogens is 390 g/mol. The molecule has 4 rings (SSSR count). The highest BCUT2D eigenvalue weighted by Crippen LogP contribution is 2.29. The third-order valence-electron chi connectivity index (χ3n) is 4.73. The predicted octanol–water partition coefficient (Wildman–Crippen LogP) is 3.42. The minimum Gasteiger partial charge on any atom is -0.478 e. The van der Waals surface area contributed by atoms with Crippen LogP contribution in [0.4, 0.5) is 5.69 Å². The number of carbonyl (C=O) groups excluding carboxylic acids is 1. The van der Waals surface area contributed by atoms with Crippen LogP contribution in [-0.2, 0) is 21.2 Å². The van der Waals surface area contributed by atoms with Gasteiger partial charge in [0.2, 0.25) is 0 Å². The van der Waals surface area contributed by atoms with Crippen LogP contribution in [0.15, 0.2) is 83.8 Å². The molecule has 7 heteroatoms. The summed E-state index contributed by atoms with van der Waals surface area (Å²) in [5, 5.41) is 0. The normalized spacial score (nSPS) is 15.3. The Labute approximate surface area is 169 Å². The SMILES string of the molecule is CN(c1ccc(OC(=O)C2Cc3ccccc3O2)cc1)S(=O)(=O)c1ccccc1. The van der Waals surface area contributed by atoms with E-state index in [-0.39, 0.29) is 4.90 Å². The number of rotatable bonds is 5. The quantitative estimate of drug-likeness (QED) is 0.477. The van der Waals surface area contributed by atoms with Gasteiger partial charge in [0.1, 0.15) is 11.5 Å². The highest BCUT2D eigenvalue weighted by molar-refractivity contribution is 7.92. The Morgan fingerprint density at radius 2 is 1.62 bits per heavy atom. The Hall–Kier alpha value is -3.32. The molecule has 0 aromatic heterocycles. The maximum atomic E-state index is 12.7. The molecule has 0 aliphatic carbocycles. The third kappa shape index (κ3) is 3.82. The average Bonchev–Trinajstić information content (AvgIpc) is 3.19.